The molecule has 0 atom stereocenters. The highest BCUT2D eigenvalue weighted by Gasteiger charge is 2.12. The molecule has 0 aliphatic carbocycles. The van der Waals surface area contributed by atoms with E-state index in [1.54, 1.807) is 36.4 Å². The van der Waals surface area contributed by atoms with Crippen LogP contribution in [0.5, 0.6) is 5.75 Å². The van der Waals surface area contributed by atoms with Crippen molar-refractivity contribution >= 4 is 23.7 Å². The second-order valence-electron chi connectivity index (χ2n) is 5.16. The van der Waals surface area contributed by atoms with Gasteiger partial charge in [-0.2, -0.15) is 10.4 Å². The minimum Gasteiger partial charge on any atom is -0.493 e. The Labute approximate surface area is 151 Å². The zero-order valence-corrected chi connectivity index (χ0v) is 14.2. The molecule has 2 aromatic carbocycles. The van der Waals surface area contributed by atoms with E-state index in [4.69, 9.17) is 10.00 Å². The highest BCUT2D eigenvalue weighted by atomic mass is 16.5. The van der Waals surface area contributed by atoms with Crippen LogP contribution in [-0.4, -0.2) is 24.6 Å². The summed E-state index contributed by atoms with van der Waals surface area (Å²) in [4.78, 5) is 23.7. The molecule has 7 nitrogen and oxygen atoms in total. The van der Waals surface area contributed by atoms with Gasteiger partial charge in [-0.1, -0.05) is 24.3 Å². The molecular weight excluding hydrogens is 332 g/mol. The molecule has 132 valence electrons. The van der Waals surface area contributed by atoms with E-state index in [-0.39, 0.29) is 6.42 Å². The van der Waals surface area contributed by atoms with Gasteiger partial charge in [0.2, 0.25) is 0 Å². The quantitative estimate of drug-likeness (QED) is 0.474. The van der Waals surface area contributed by atoms with Crippen molar-refractivity contribution in [3.63, 3.8) is 0 Å². The molecule has 26 heavy (non-hydrogen) atoms. The van der Waals surface area contributed by atoms with E-state index in [9.17, 15) is 9.59 Å². The van der Waals surface area contributed by atoms with Gasteiger partial charge < -0.3 is 10.1 Å². The highest BCUT2D eigenvalue weighted by molar-refractivity contribution is 6.39. The fourth-order valence-corrected chi connectivity index (χ4v) is 2.07. The van der Waals surface area contributed by atoms with Crippen LogP contribution in [0.3, 0.4) is 0 Å². The summed E-state index contributed by atoms with van der Waals surface area (Å²) in [7, 11) is 0. The van der Waals surface area contributed by atoms with Gasteiger partial charge >= 0.3 is 11.8 Å². The summed E-state index contributed by atoms with van der Waals surface area (Å²) in [5.41, 5.74) is 4.14. The molecule has 0 saturated heterocycles. The Morgan fingerprint density at radius 2 is 1.88 bits per heavy atom. The van der Waals surface area contributed by atoms with E-state index in [2.05, 4.69) is 15.8 Å². The van der Waals surface area contributed by atoms with E-state index >= 15 is 0 Å². The Kier molecular flexibility index (Phi) is 6.89. The van der Waals surface area contributed by atoms with Crippen LogP contribution < -0.4 is 15.5 Å². The molecule has 2 aromatic rings. The molecule has 0 saturated carbocycles. The molecule has 7 heteroatoms. The Bertz CT molecular complexity index is 839. The Morgan fingerprint density at radius 1 is 1.15 bits per heavy atom. The molecular formula is C19H18N4O3. The monoisotopic (exact) mass is 350 g/mol. The van der Waals surface area contributed by atoms with Crippen molar-refractivity contribution in [2.75, 3.05) is 11.9 Å². The number of nitriles is 1. The van der Waals surface area contributed by atoms with E-state index in [0.717, 1.165) is 5.56 Å². The second kappa shape index (κ2) is 9.59. The van der Waals surface area contributed by atoms with Gasteiger partial charge in [-0.05, 0) is 36.8 Å². The van der Waals surface area contributed by atoms with Crippen LogP contribution in [0.25, 0.3) is 0 Å². The van der Waals surface area contributed by atoms with E-state index < -0.39 is 11.8 Å². The molecule has 0 aromatic heterocycles. The van der Waals surface area contributed by atoms with Gasteiger partial charge in [0.1, 0.15) is 5.75 Å². The lowest BCUT2D eigenvalue weighted by Gasteiger charge is -2.06. The number of carbonyl (C=O) groups is 2. The minimum absolute atomic E-state index is 0.284. The number of hydrogen-bond acceptors (Lipinski definition) is 5. The van der Waals surface area contributed by atoms with Crippen LogP contribution in [0.15, 0.2) is 53.6 Å². The first-order chi connectivity index (χ1) is 12.6. The molecule has 0 unspecified atom stereocenters. The predicted octanol–water partition coefficient (Wildman–Crippen LogP) is 2.24. The number of para-hydroxylation sites is 1. The topological polar surface area (TPSA) is 104 Å². The van der Waals surface area contributed by atoms with Crippen molar-refractivity contribution < 1.29 is 14.3 Å². The van der Waals surface area contributed by atoms with Gasteiger partial charge in [-0.3, -0.25) is 9.59 Å². The standard InChI is InChI=1S/C19H18N4O3/c1-2-26-17-6-4-3-5-15(17)13-21-23-19(25)18(24)22-16-9-7-14(8-10-16)11-12-20/h3-10,13H,2,11H2,1H3,(H,22,24)(H,23,25)/b21-13+. The summed E-state index contributed by atoms with van der Waals surface area (Å²) < 4.78 is 5.44. The lowest BCUT2D eigenvalue weighted by Crippen LogP contribution is -2.32. The Balaban J connectivity index is 1.91. The number of hydrazone groups is 1. The third-order valence-corrected chi connectivity index (χ3v) is 3.29. The molecule has 0 radical (unpaired) electrons. The number of ether oxygens (including phenoxy) is 1. The number of benzene rings is 2. The summed E-state index contributed by atoms with van der Waals surface area (Å²) in [6.07, 6.45) is 1.69. The molecule has 2 rings (SSSR count). The number of rotatable bonds is 6. The number of amides is 2. The van der Waals surface area contributed by atoms with Crippen LogP contribution in [0, 0.1) is 11.3 Å². The molecule has 2 N–H and O–H groups in total. The third kappa shape index (κ3) is 5.46. The van der Waals surface area contributed by atoms with Gasteiger partial charge in [0.15, 0.2) is 0 Å². The summed E-state index contributed by atoms with van der Waals surface area (Å²) in [6, 6.07) is 15.9. The molecule has 0 aliphatic heterocycles. The second-order valence-corrected chi connectivity index (χ2v) is 5.16. The first-order valence-corrected chi connectivity index (χ1v) is 7.96. The number of hydrogen-bond donors (Lipinski definition) is 2. The summed E-state index contributed by atoms with van der Waals surface area (Å²) in [5, 5.41) is 14.9. The van der Waals surface area contributed by atoms with Crippen molar-refractivity contribution in [3.05, 3.63) is 59.7 Å². The van der Waals surface area contributed by atoms with Crippen LogP contribution in [0.1, 0.15) is 18.1 Å². The van der Waals surface area contributed by atoms with Gasteiger partial charge in [-0.25, -0.2) is 5.43 Å². The van der Waals surface area contributed by atoms with Crippen LogP contribution in [0.4, 0.5) is 5.69 Å². The Hall–Kier alpha value is -3.66. The summed E-state index contributed by atoms with van der Waals surface area (Å²) >= 11 is 0. The highest BCUT2D eigenvalue weighted by Crippen LogP contribution is 2.15. The van der Waals surface area contributed by atoms with Crippen LogP contribution >= 0.6 is 0 Å². The van der Waals surface area contributed by atoms with Crippen molar-refractivity contribution in [1.82, 2.24) is 5.43 Å². The zero-order chi connectivity index (χ0) is 18.8. The Morgan fingerprint density at radius 3 is 2.58 bits per heavy atom. The number of nitrogens with zero attached hydrogens (tertiary/aromatic N) is 2. The maximum atomic E-state index is 11.9. The van der Waals surface area contributed by atoms with Crippen LogP contribution in [-0.2, 0) is 16.0 Å². The van der Waals surface area contributed by atoms with E-state index in [1.165, 1.54) is 6.21 Å². The fraction of sp³-hybridized carbons (Fsp3) is 0.158. The molecule has 0 spiro atoms. The number of nitrogens with one attached hydrogen (secondary N) is 2. The molecule has 0 heterocycles. The summed E-state index contributed by atoms with van der Waals surface area (Å²) in [5.74, 6) is -1.10. The predicted molar refractivity (Wildman–Crippen MR) is 97.7 cm³/mol. The number of carbonyl (C=O) groups excluding carboxylic acids is 2. The third-order valence-electron chi connectivity index (χ3n) is 3.29. The van der Waals surface area contributed by atoms with Crippen molar-refractivity contribution in [2.45, 2.75) is 13.3 Å². The molecule has 0 aliphatic rings. The lowest BCUT2D eigenvalue weighted by atomic mass is 10.1. The van der Waals surface area contributed by atoms with Crippen molar-refractivity contribution in [2.24, 2.45) is 5.10 Å². The van der Waals surface area contributed by atoms with E-state index in [1.807, 2.05) is 25.1 Å². The van der Waals surface area contributed by atoms with Gasteiger partial charge in [0, 0.05) is 11.3 Å². The molecule has 2 amide bonds. The normalized spacial score (nSPS) is 10.2. The van der Waals surface area contributed by atoms with E-state index in [0.29, 0.717) is 23.6 Å². The van der Waals surface area contributed by atoms with Gasteiger partial charge in [0.25, 0.3) is 0 Å². The zero-order valence-electron chi connectivity index (χ0n) is 14.2. The smallest absolute Gasteiger partial charge is 0.329 e. The molecule has 0 fully saturated rings. The minimum atomic E-state index is -0.892. The van der Waals surface area contributed by atoms with Crippen molar-refractivity contribution in [1.29, 1.82) is 5.26 Å². The maximum absolute atomic E-state index is 11.9. The fourth-order valence-electron chi connectivity index (χ4n) is 2.07. The largest absolute Gasteiger partial charge is 0.493 e. The first-order valence-electron chi connectivity index (χ1n) is 7.96. The number of anilines is 1. The van der Waals surface area contributed by atoms with Crippen LogP contribution in [0.2, 0.25) is 0 Å². The maximum Gasteiger partial charge on any atom is 0.329 e. The average molecular weight is 350 g/mol. The van der Waals surface area contributed by atoms with Gasteiger partial charge in [0.05, 0.1) is 25.3 Å². The lowest BCUT2D eigenvalue weighted by molar-refractivity contribution is -0.136. The van der Waals surface area contributed by atoms with Crippen molar-refractivity contribution in [3.8, 4) is 11.8 Å². The first kappa shape index (κ1) is 18.7. The SMILES string of the molecule is CCOc1ccccc1/C=N/NC(=O)C(=O)Nc1ccc(CC#N)cc1. The summed E-state index contributed by atoms with van der Waals surface area (Å²) in [6.45, 7) is 2.37. The van der Waals surface area contributed by atoms with Gasteiger partial charge in [-0.15, -0.1) is 0 Å². The molecule has 0 bridgehead atoms. The average Bonchev–Trinajstić information content (AvgIpc) is 2.65.